The van der Waals surface area contributed by atoms with Crippen LogP contribution in [0.4, 0.5) is 5.69 Å². The summed E-state index contributed by atoms with van der Waals surface area (Å²) in [6.07, 6.45) is 0.659. The van der Waals surface area contributed by atoms with Crippen molar-refractivity contribution < 1.29 is 14.3 Å². The lowest BCUT2D eigenvalue weighted by molar-refractivity contribution is 0.0619. The molecule has 1 aliphatic heterocycles. The van der Waals surface area contributed by atoms with Gasteiger partial charge in [-0.15, -0.1) is 0 Å². The minimum absolute atomic E-state index is 0.167. The van der Waals surface area contributed by atoms with Gasteiger partial charge in [0, 0.05) is 17.7 Å². The van der Waals surface area contributed by atoms with E-state index in [9.17, 15) is 4.79 Å². The molecule has 0 fully saturated rings. The summed E-state index contributed by atoms with van der Waals surface area (Å²) in [7, 11) is 0. The van der Waals surface area contributed by atoms with Gasteiger partial charge in [0.2, 0.25) is 0 Å². The van der Waals surface area contributed by atoms with Crippen LogP contribution in [0, 0.1) is 0 Å². The molecule has 1 atom stereocenters. The molecule has 0 aromatic heterocycles. The molecule has 2 aromatic rings. The highest BCUT2D eigenvalue weighted by atomic mass is 16.5. The van der Waals surface area contributed by atoms with Crippen LogP contribution in [-0.2, 0) is 0 Å². The fourth-order valence-corrected chi connectivity index (χ4v) is 3.17. The van der Waals surface area contributed by atoms with E-state index >= 15 is 0 Å². The van der Waals surface area contributed by atoms with E-state index in [2.05, 4.69) is 5.32 Å². The summed E-state index contributed by atoms with van der Waals surface area (Å²) >= 11 is 0. The number of benzene rings is 2. The summed E-state index contributed by atoms with van der Waals surface area (Å²) < 4.78 is 11.6. The number of para-hydroxylation sites is 1. The van der Waals surface area contributed by atoms with Crippen LogP contribution in [0.3, 0.4) is 0 Å². The SMILES string of the molecule is CCOc1ccccc1C(=O)NC1CC(C)(C)Oc2ccc(N)cc21. The fraction of sp³-hybridized carbons (Fsp3) is 0.350. The van der Waals surface area contributed by atoms with E-state index in [-0.39, 0.29) is 17.6 Å². The molecule has 0 saturated heterocycles. The maximum absolute atomic E-state index is 12.9. The van der Waals surface area contributed by atoms with Gasteiger partial charge in [0.1, 0.15) is 17.1 Å². The van der Waals surface area contributed by atoms with Crippen molar-refractivity contribution in [1.29, 1.82) is 0 Å². The number of nitrogen functional groups attached to an aromatic ring is 1. The Hall–Kier alpha value is -2.69. The number of nitrogens with two attached hydrogens (primary N) is 1. The molecule has 1 amide bonds. The van der Waals surface area contributed by atoms with Crippen molar-refractivity contribution in [3.05, 3.63) is 53.6 Å². The molecule has 3 rings (SSSR count). The number of carbonyl (C=O) groups is 1. The van der Waals surface area contributed by atoms with E-state index in [0.29, 0.717) is 30.0 Å². The Morgan fingerprint density at radius 2 is 2.08 bits per heavy atom. The standard InChI is InChI=1S/C20H24N2O3/c1-4-24-17-8-6-5-7-14(17)19(23)22-16-12-20(2,3)25-18-10-9-13(21)11-15(16)18/h5-11,16H,4,12,21H2,1-3H3,(H,22,23). The van der Waals surface area contributed by atoms with Gasteiger partial charge >= 0.3 is 0 Å². The van der Waals surface area contributed by atoms with Crippen LogP contribution >= 0.6 is 0 Å². The smallest absolute Gasteiger partial charge is 0.255 e. The number of hydrogen-bond acceptors (Lipinski definition) is 4. The van der Waals surface area contributed by atoms with Crippen molar-refractivity contribution in [2.75, 3.05) is 12.3 Å². The molecule has 5 nitrogen and oxygen atoms in total. The zero-order valence-corrected chi connectivity index (χ0v) is 14.8. The Labute approximate surface area is 148 Å². The molecule has 0 saturated carbocycles. The van der Waals surface area contributed by atoms with Gasteiger partial charge in [0.15, 0.2) is 0 Å². The van der Waals surface area contributed by atoms with Crippen molar-refractivity contribution in [2.24, 2.45) is 0 Å². The minimum Gasteiger partial charge on any atom is -0.493 e. The molecule has 0 spiro atoms. The molecule has 5 heteroatoms. The Morgan fingerprint density at radius 1 is 1.32 bits per heavy atom. The second-order valence-electron chi connectivity index (χ2n) is 6.82. The molecule has 0 aliphatic carbocycles. The van der Waals surface area contributed by atoms with Crippen LogP contribution in [0.2, 0.25) is 0 Å². The number of fused-ring (bicyclic) bond motifs is 1. The van der Waals surface area contributed by atoms with Crippen molar-refractivity contribution in [3.8, 4) is 11.5 Å². The first-order chi connectivity index (χ1) is 11.9. The number of ether oxygens (including phenoxy) is 2. The largest absolute Gasteiger partial charge is 0.493 e. The summed E-state index contributed by atoms with van der Waals surface area (Å²) in [5.41, 5.74) is 7.63. The Bertz CT molecular complexity index is 786. The first-order valence-electron chi connectivity index (χ1n) is 8.51. The maximum Gasteiger partial charge on any atom is 0.255 e. The third-order valence-electron chi connectivity index (χ3n) is 4.23. The molecule has 0 radical (unpaired) electrons. The highest BCUT2D eigenvalue weighted by Crippen LogP contribution is 2.40. The van der Waals surface area contributed by atoms with Crippen LogP contribution in [0.25, 0.3) is 0 Å². The quantitative estimate of drug-likeness (QED) is 0.832. The average molecular weight is 340 g/mol. The zero-order valence-electron chi connectivity index (χ0n) is 14.8. The average Bonchev–Trinajstić information content (AvgIpc) is 2.55. The third-order valence-corrected chi connectivity index (χ3v) is 4.23. The van der Waals surface area contributed by atoms with Crippen molar-refractivity contribution >= 4 is 11.6 Å². The molecule has 1 heterocycles. The fourth-order valence-electron chi connectivity index (χ4n) is 3.17. The van der Waals surface area contributed by atoms with Crippen molar-refractivity contribution in [2.45, 2.75) is 38.8 Å². The van der Waals surface area contributed by atoms with Crippen LogP contribution in [-0.4, -0.2) is 18.1 Å². The normalized spacial score (nSPS) is 18.0. The van der Waals surface area contributed by atoms with E-state index in [1.54, 1.807) is 12.1 Å². The molecular weight excluding hydrogens is 316 g/mol. The van der Waals surface area contributed by atoms with E-state index < -0.39 is 0 Å². The van der Waals surface area contributed by atoms with E-state index in [1.807, 2.05) is 51.1 Å². The van der Waals surface area contributed by atoms with Gasteiger partial charge in [0.25, 0.3) is 5.91 Å². The van der Waals surface area contributed by atoms with E-state index in [1.165, 1.54) is 0 Å². The molecule has 0 bridgehead atoms. The first kappa shape index (κ1) is 17.1. The maximum atomic E-state index is 12.9. The molecule has 132 valence electrons. The highest BCUT2D eigenvalue weighted by Gasteiger charge is 2.35. The van der Waals surface area contributed by atoms with Crippen LogP contribution in [0.1, 0.15) is 49.2 Å². The minimum atomic E-state index is -0.375. The molecule has 3 N–H and O–H groups in total. The predicted molar refractivity (Wildman–Crippen MR) is 98.0 cm³/mol. The van der Waals surface area contributed by atoms with Crippen molar-refractivity contribution in [3.63, 3.8) is 0 Å². The Morgan fingerprint density at radius 3 is 2.84 bits per heavy atom. The van der Waals surface area contributed by atoms with E-state index in [0.717, 1.165) is 11.3 Å². The number of amides is 1. The summed E-state index contributed by atoms with van der Waals surface area (Å²) in [6.45, 7) is 6.43. The molecule has 25 heavy (non-hydrogen) atoms. The van der Waals surface area contributed by atoms with Crippen molar-refractivity contribution in [1.82, 2.24) is 5.32 Å². The number of anilines is 1. The van der Waals surface area contributed by atoms with Gasteiger partial charge in [0.05, 0.1) is 18.2 Å². The molecular formula is C20H24N2O3. The lowest BCUT2D eigenvalue weighted by Crippen LogP contribution is -2.41. The van der Waals surface area contributed by atoms with Gasteiger partial charge in [-0.25, -0.2) is 0 Å². The van der Waals surface area contributed by atoms with Gasteiger partial charge < -0.3 is 20.5 Å². The van der Waals surface area contributed by atoms with Gasteiger partial charge in [-0.1, -0.05) is 12.1 Å². The topological polar surface area (TPSA) is 73.6 Å². The number of hydrogen-bond donors (Lipinski definition) is 2. The summed E-state index contributed by atoms with van der Waals surface area (Å²) in [6, 6.07) is 12.6. The first-order valence-corrected chi connectivity index (χ1v) is 8.51. The molecule has 2 aromatic carbocycles. The second-order valence-corrected chi connectivity index (χ2v) is 6.82. The summed E-state index contributed by atoms with van der Waals surface area (Å²) in [5, 5.41) is 3.12. The van der Waals surface area contributed by atoms with Crippen LogP contribution in [0.5, 0.6) is 11.5 Å². The monoisotopic (exact) mass is 340 g/mol. The second kappa shape index (κ2) is 6.67. The van der Waals surface area contributed by atoms with Crippen LogP contribution < -0.4 is 20.5 Å². The number of carbonyl (C=O) groups excluding carboxylic acids is 1. The highest BCUT2D eigenvalue weighted by molar-refractivity contribution is 5.97. The zero-order chi connectivity index (χ0) is 18.0. The number of rotatable bonds is 4. The molecule has 1 unspecified atom stereocenters. The lowest BCUT2D eigenvalue weighted by atomic mass is 9.89. The van der Waals surface area contributed by atoms with Gasteiger partial charge in [-0.3, -0.25) is 4.79 Å². The van der Waals surface area contributed by atoms with Gasteiger partial charge in [-0.05, 0) is 51.1 Å². The van der Waals surface area contributed by atoms with Crippen LogP contribution in [0.15, 0.2) is 42.5 Å². The van der Waals surface area contributed by atoms with Gasteiger partial charge in [-0.2, -0.15) is 0 Å². The summed E-state index contributed by atoms with van der Waals surface area (Å²) in [4.78, 5) is 12.9. The number of nitrogens with one attached hydrogen (secondary N) is 1. The van der Waals surface area contributed by atoms with E-state index in [4.69, 9.17) is 15.2 Å². The summed E-state index contributed by atoms with van der Waals surface area (Å²) in [5.74, 6) is 1.18. The Balaban J connectivity index is 1.90. The predicted octanol–water partition coefficient (Wildman–Crippen LogP) is 3.70. The lowest BCUT2D eigenvalue weighted by Gasteiger charge is -2.38. The Kier molecular flexibility index (Phi) is 4.57. The third kappa shape index (κ3) is 3.71. The molecule has 1 aliphatic rings.